The minimum atomic E-state index is -2.98. The fourth-order valence-corrected chi connectivity index (χ4v) is 3.04. The van der Waals surface area contributed by atoms with Gasteiger partial charge in [-0.1, -0.05) is 11.6 Å². The summed E-state index contributed by atoms with van der Waals surface area (Å²) in [6, 6.07) is 1.54. The van der Waals surface area contributed by atoms with E-state index in [0.29, 0.717) is 5.56 Å². The first-order valence-corrected chi connectivity index (χ1v) is 7.29. The van der Waals surface area contributed by atoms with Crippen LogP contribution in [0, 0.1) is 0 Å². The zero-order chi connectivity index (χ0) is 12.5. The van der Waals surface area contributed by atoms with Gasteiger partial charge in [0.05, 0.1) is 22.1 Å². The van der Waals surface area contributed by atoms with Crippen molar-refractivity contribution in [3.63, 3.8) is 0 Å². The van der Waals surface area contributed by atoms with Crippen LogP contribution in [0.25, 0.3) is 0 Å². The lowest BCUT2D eigenvalue weighted by molar-refractivity contribution is 0.0770. The molecule has 1 aliphatic heterocycles. The molecule has 2 rings (SSSR count). The van der Waals surface area contributed by atoms with E-state index in [1.165, 1.54) is 23.4 Å². The highest BCUT2D eigenvalue weighted by molar-refractivity contribution is 7.91. The molecule has 5 nitrogen and oxygen atoms in total. The van der Waals surface area contributed by atoms with Crippen molar-refractivity contribution in [2.45, 2.75) is 0 Å². The second kappa shape index (κ2) is 4.62. The van der Waals surface area contributed by atoms with Gasteiger partial charge in [-0.25, -0.2) is 8.42 Å². The molecule has 1 aliphatic rings. The van der Waals surface area contributed by atoms with E-state index in [9.17, 15) is 13.2 Å². The summed E-state index contributed by atoms with van der Waals surface area (Å²) in [6.07, 6.45) is 2.88. The molecule has 0 aromatic carbocycles. The first-order chi connectivity index (χ1) is 7.99. The molecule has 0 spiro atoms. The molecular weight excluding hydrogens is 264 g/mol. The summed E-state index contributed by atoms with van der Waals surface area (Å²) < 4.78 is 22.5. The van der Waals surface area contributed by atoms with E-state index in [4.69, 9.17) is 11.6 Å². The molecule has 0 bridgehead atoms. The van der Waals surface area contributed by atoms with Gasteiger partial charge < -0.3 is 4.90 Å². The third kappa shape index (κ3) is 2.76. The highest BCUT2D eigenvalue weighted by Gasteiger charge is 2.26. The first kappa shape index (κ1) is 12.3. The minimum absolute atomic E-state index is 0.0153. The molecule has 1 amide bonds. The minimum Gasteiger partial charge on any atom is -0.337 e. The number of nitrogens with zero attached hydrogens (tertiary/aromatic N) is 2. The molecule has 1 saturated heterocycles. The Morgan fingerprint density at radius 1 is 1.35 bits per heavy atom. The van der Waals surface area contributed by atoms with Gasteiger partial charge in [0.2, 0.25) is 0 Å². The Labute approximate surface area is 104 Å². The highest BCUT2D eigenvalue weighted by atomic mass is 35.5. The second-order valence-electron chi connectivity index (χ2n) is 3.80. The number of carbonyl (C=O) groups excluding carboxylic acids is 1. The quantitative estimate of drug-likeness (QED) is 0.752. The van der Waals surface area contributed by atoms with E-state index in [-0.39, 0.29) is 35.5 Å². The van der Waals surface area contributed by atoms with Crippen LogP contribution in [0.4, 0.5) is 0 Å². The lowest BCUT2D eigenvalue weighted by atomic mass is 10.2. The van der Waals surface area contributed by atoms with Crippen LogP contribution in [-0.4, -0.2) is 48.8 Å². The summed E-state index contributed by atoms with van der Waals surface area (Å²) in [5.74, 6) is -0.213. The molecule has 7 heteroatoms. The zero-order valence-electron chi connectivity index (χ0n) is 8.97. The van der Waals surface area contributed by atoms with E-state index < -0.39 is 9.84 Å². The standard InChI is InChI=1S/C10H11ClN2O3S/c11-9-7-12-2-1-8(9)10(14)13-3-5-17(15,16)6-4-13/h1-2,7H,3-6H2. The van der Waals surface area contributed by atoms with Crippen molar-refractivity contribution in [3.05, 3.63) is 29.0 Å². The molecule has 1 aromatic rings. The van der Waals surface area contributed by atoms with Crippen molar-refractivity contribution in [2.24, 2.45) is 0 Å². The number of hydrogen-bond acceptors (Lipinski definition) is 4. The number of aromatic nitrogens is 1. The van der Waals surface area contributed by atoms with E-state index in [1.54, 1.807) is 0 Å². The molecule has 92 valence electrons. The van der Waals surface area contributed by atoms with Crippen molar-refractivity contribution >= 4 is 27.3 Å². The van der Waals surface area contributed by atoms with Gasteiger partial charge in [-0.2, -0.15) is 0 Å². The third-order valence-corrected chi connectivity index (χ3v) is 4.54. The topological polar surface area (TPSA) is 67.3 Å². The predicted octanol–water partition coefficient (Wildman–Crippen LogP) is 0.606. The van der Waals surface area contributed by atoms with Gasteiger partial charge in [-0.3, -0.25) is 9.78 Å². The van der Waals surface area contributed by atoms with Crippen LogP contribution in [0.2, 0.25) is 5.02 Å². The maximum absolute atomic E-state index is 12.1. The Bertz CT molecular complexity index is 530. The summed E-state index contributed by atoms with van der Waals surface area (Å²) in [4.78, 5) is 17.3. The van der Waals surface area contributed by atoms with Gasteiger partial charge >= 0.3 is 0 Å². The molecule has 2 heterocycles. The van der Waals surface area contributed by atoms with E-state index in [1.807, 2.05) is 0 Å². The average molecular weight is 275 g/mol. The van der Waals surface area contributed by atoms with Crippen molar-refractivity contribution in [3.8, 4) is 0 Å². The maximum atomic E-state index is 12.1. The Kier molecular flexibility index (Phi) is 3.35. The van der Waals surface area contributed by atoms with Crippen molar-refractivity contribution in [2.75, 3.05) is 24.6 Å². The second-order valence-corrected chi connectivity index (χ2v) is 6.51. The van der Waals surface area contributed by atoms with E-state index in [0.717, 1.165) is 0 Å². The van der Waals surface area contributed by atoms with Crippen molar-refractivity contribution in [1.82, 2.24) is 9.88 Å². The van der Waals surface area contributed by atoms with Gasteiger partial charge in [-0.15, -0.1) is 0 Å². The Balaban J connectivity index is 2.15. The van der Waals surface area contributed by atoms with Crippen LogP contribution in [0.3, 0.4) is 0 Å². The summed E-state index contributed by atoms with van der Waals surface area (Å²) in [5, 5.41) is 0.283. The molecule has 0 unspecified atom stereocenters. The number of hydrogen-bond donors (Lipinski definition) is 0. The van der Waals surface area contributed by atoms with Crippen LogP contribution < -0.4 is 0 Å². The summed E-state index contributed by atoms with van der Waals surface area (Å²) >= 11 is 5.87. The summed E-state index contributed by atoms with van der Waals surface area (Å²) in [6.45, 7) is 0.444. The lowest BCUT2D eigenvalue weighted by Crippen LogP contribution is -2.43. The molecule has 0 radical (unpaired) electrons. The van der Waals surface area contributed by atoms with Crippen molar-refractivity contribution in [1.29, 1.82) is 0 Å². The van der Waals surface area contributed by atoms with Gasteiger partial charge in [0.1, 0.15) is 0 Å². The normalized spacial score (nSPS) is 19.0. The van der Waals surface area contributed by atoms with Crippen LogP contribution in [0.15, 0.2) is 18.5 Å². The van der Waals surface area contributed by atoms with Crippen LogP contribution in [0.5, 0.6) is 0 Å². The van der Waals surface area contributed by atoms with E-state index >= 15 is 0 Å². The van der Waals surface area contributed by atoms with Gasteiger partial charge in [-0.05, 0) is 6.07 Å². The number of amides is 1. The maximum Gasteiger partial charge on any atom is 0.255 e. The molecule has 0 aliphatic carbocycles. The van der Waals surface area contributed by atoms with Gasteiger partial charge in [0.15, 0.2) is 9.84 Å². The zero-order valence-corrected chi connectivity index (χ0v) is 10.5. The van der Waals surface area contributed by atoms with Crippen LogP contribution in [-0.2, 0) is 9.84 Å². The van der Waals surface area contributed by atoms with Crippen molar-refractivity contribution < 1.29 is 13.2 Å². The number of rotatable bonds is 1. The number of halogens is 1. The SMILES string of the molecule is O=C(c1ccncc1Cl)N1CCS(=O)(=O)CC1. The fourth-order valence-electron chi connectivity index (χ4n) is 1.63. The van der Waals surface area contributed by atoms with Crippen LogP contribution in [0.1, 0.15) is 10.4 Å². The fraction of sp³-hybridized carbons (Fsp3) is 0.400. The molecule has 0 atom stereocenters. The monoisotopic (exact) mass is 274 g/mol. The third-order valence-electron chi connectivity index (χ3n) is 2.63. The highest BCUT2D eigenvalue weighted by Crippen LogP contribution is 2.17. The largest absolute Gasteiger partial charge is 0.337 e. The van der Waals surface area contributed by atoms with Crippen LogP contribution >= 0.6 is 11.6 Å². The smallest absolute Gasteiger partial charge is 0.255 e. The molecule has 17 heavy (non-hydrogen) atoms. The molecule has 1 aromatic heterocycles. The number of pyridine rings is 1. The van der Waals surface area contributed by atoms with Gasteiger partial charge in [0.25, 0.3) is 5.91 Å². The summed E-state index contributed by atoms with van der Waals surface area (Å²) in [7, 11) is -2.98. The number of sulfone groups is 1. The average Bonchev–Trinajstić information content (AvgIpc) is 2.29. The van der Waals surface area contributed by atoms with Gasteiger partial charge in [0, 0.05) is 25.5 Å². The first-order valence-electron chi connectivity index (χ1n) is 5.09. The lowest BCUT2D eigenvalue weighted by Gasteiger charge is -2.26. The molecule has 0 N–H and O–H groups in total. The summed E-state index contributed by atoms with van der Waals surface area (Å²) in [5.41, 5.74) is 0.362. The Morgan fingerprint density at radius 2 is 2.00 bits per heavy atom. The predicted molar refractivity (Wildman–Crippen MR) is 63.8 cm³/mol. The Hall–Kier alpha value is -1.14. The number of carbonyl (C=O) groups is 1. The molecule has 0 saturated carbocycles. The van der Waals surface area contributed by atoms with E-state index in [2.05, 4.69) is 4.98 Å². The molecular formula is C10H11ClN2O3S. The Morgan fingerprint density at radius 3 is 2.59 bits per heavy atom. The molecule has 1 fully saturated rings.